The molecule has 1 aromatic rings. The molecule has 2 aliphatic heterocycles. The smallest absolute Gasteiger partial charge is 0.130 e. The van der Waals surface area contributed by atoms with Gasteiger partial charge in [-0.1, -0.05) is 17.7 Å². The molecule has 0 spiro atoms. The fraction of sp³-hybridized carbons (Fsp3) is 0.250. The Morgan fingerprint density at radius 2 is 2.05 bits per heavy atom. The highest BCUT2D eigenvalue weighted by Crippen LogP contribution is 2.25. The summed E-state index contributed by atoms with van der Waals surface area (Å²) in [6.07, 6.45) is 8.33. The molecule has 0 aliphatic carbocycles. The molecule has 1 aromatic carbocycles. The molecule has 98 valence electrons. The Hall–Kier alpha value is -2.16. The number of allylic oxidation sites excluding steroid dienone is 2. The van der Waals surface area contributed by atoms with E-state index in [0.29, 0.717) is 0 Å². The number of hydrogen-bond acceptors (Lipinski definition) is 3. The second kappa shape index (κ2) is 4.50. The largest absolute Gasteiger partial charge is 0.457 e. The highest BCUT2D eigenvalue weighted by molar-refractivity contribution is 5.38. The van der Waals surface area contributed by atoms with Crippen molar-refractivity contribution in [3.8, 4) is 5.75 Å². The molecule has 3 nitrogen and oxygen atoms in total. The van der Waals surface area contributed by atoms with E-state index in [2.05, 4.69) is 55.4 Å². The third-order valence-corrected chi connectivity index (χ3v) is 3.45. The van der Waals surface area contributed by atoms with E-state index < -0.39 is 0 Å². The van der Waals surface area contributed by atoms with Gasteiger partial charge in [-0.15, -0.1) is 0 Å². The second-order valence-electron chi connectivity index (χ2n) is 5.06. The van der Waals surface area contributed by atoms with Gasteiger partial charge >= 0.3 is 0 Å². The number of hydrogen-bond donors (Lipinski definition) is 1. The van der Waals surface area contributed by atoms with Gasteiger partial charge in [-0.05, 0) is 38.5 Å². The molecule has 3 rings (SSSR count). The summed E-state index contributed by atoms with van der Waals surface area (Å²) in [5.41, 5.74) is 3.62. The number of ether oxygens (including phenoxy) is 1. The van der Waals surface area contributed by atoms with Crippen LogP contribution in [0.25, 0.3) is 0 Å². The number of rotatable bonds is 2. The lowest BCUT2D eigenvalue weighted by molar-refractivity contribution is 0.364. The monoisotopic (exact) mass is 254 g/mol. The van der Waals surface area contributed by atoms with Gasteiger partial charge in [-0.3, -0.25) is 0 Å². The Morgan fingerprint density at radius 1 is 1.21 bits per heavy atom. The Bertz CT molecular complexity index is 599. The van der Waals surface area contributed by atoms with E-state index in [-0.39, 0.29) is 6.17 Å². The maximum Gasteiger partial charge on any atom is 0.130 e. The van der Waals surface area contributed by atoms with Crippen molar-refractivity contribution in [2.45, 2.75) is 26.9 Å². The molecular weight excluding hydrogens is 236 g/mol. The average molecular weight is 254 g/mol. The van der Waals surface area contributed by atoms with Crippen LogP contribution in [0.5, 0.6) is 5.75 Å². The summed E-state index contributed by atoms with van der Waals surface area (Å²) < 4.78 is 5.97. The van der Waals surface area contributed by atoms with Gasteiger partial charge in [0.2, 0.25) is 0 Å². The Balaban J connectivity index is 1.78. The van der Waals surface area contributed by atoms with Crippen molar-refractivity contribution < 1.29 is 4.74 Å². The predicted molar refractivity (Wildman–Crippen MR) is 76.3 cm³/mol. The molecule has 2 aliphatic rings. The van der Waals surface area contributed by atoms with E-state index >= 15 is 0 Å². The minimum absolute atomic E-state index is 0.172. The number of nitrogens with one attached hydrogen (secondary N) is 1. The summed E-state index contributed by atoms with van der Waals surface area (Å²) in [5, 5.41) is 3.30. The van der Waals surface area contributed by atoms with E-state index in [1.54, 1.807) is 0 Å². The summed E-state index contributed by atoms with van der Waals surface area (Å²) in [4.78, 5) is 2.18. The fourth-order valence-corrected chi connectivity index (χ4v) is 2.39. The van der Waals surface area contributed by atoms with Crippen LogP contribution in [0.2, 0.25) is 0 Å². The van der Waals surface area contributed by atoms with Crippen LogP contribution in [0.3, 0.4) is 0 Å². The average Bonchev–Trinajstić information content (AvgIpc) is 2.74. The van der Waals surface area contributed by atoms with E-state index in [0.717, 1.165) is 17.1 Å². The normalized spacial score (nSPS) is 20.6. The van der Waals surface area contributed by atoms with Gasteiger partial charge in [0.05, 0.1) is 0 Å². The van der Waals surface area contributed by atoms with Crippen molar-refractivity contribution >= 4 is 0 Å². The minimum Gasteiger partial charge on any atom is -0.457 e. The molecule has 1 atom stereocenters. The molecule has 0 fully saturated rings. The molecule has 0 amide bonds. The van der Waals surface area contributed by atoms with Crippen molar-refractivity contribution in [3.63, 3.8) is 0 Å². The maximum atomic E-state index is 5.97. The van der Waals surface area contributed by atoms with E-state index in [1.807, 2.05) is 18.3 Å². The van der Waals surface area contributed by atoms with Crippen LogP contribution >= 0.6 is 0 Å². The number of aryl methyl sites for hydroxylation is 2. The van der Waals surface area contributed by atoms with Crippen molar-refractivity contribution in [2.75, 3.05) is 0 Å². The van der Waals surface area contributed by atoms with Crippen LogP contribution in [0.15, 0.2) is 54.2 Å². The van der Waals surface area contributed by atoms with Gasteiger partial charge < -0.3 is 15.0 Å². The molecular formula is C16H18N2O. The lowest BCUT2D eigenvalue weighted by Gasteiger charge is -2.26. The number of benzene rings is 1. The molecule has 0 saturated carbocycles. The number of fused-ring (bicyclic) bond motifs is 1. The first-order valence-corrected chi connectivity index (χ1v) is 6.50. The SMILES string of the molecule is CC1=CNC2C=C(Oc3ccc(C)cc3C)C=CN12. The van der Waals surface area contributed by atoms with Gasteiger partial charge in [0, 0.05) is 24.2 Å². The molecule has 3 heteroatoms. The van der Waals surface area contributed by atoms with Crippen LogP contribution in [-0.2, 0) is 0 Å². The predicted octanol–water partition coefficient (Wildman–Crippen LogP) is 3.19. The Morgan fingerprint density at radius 3 is 2.84 bits per heavy atom. The minimum atomic E-state index is 0.172. The van der Waals surface area contributed by atoms with Crippen LogP contribution in [-0.4, -0.2) is 11.1 Å². The van der Waals surface area contributed by atoms with E-state index in [4.69, 9.17) is 4.74 Å². The van der Waals surface area contributed by atoms with Gasteiger partial charge in [0.25, 0.3) is 0 Å². The van der Waals surface area contributed by atoms with E-state index in [9.17, 15) is 0 Å². The zero-order valence-corrected chi connectivity index (χ0v) is 11.5. The van der Waals surface area contributed by atoms with Crippen LogP contribution in [0, 0.1) is 13.8 Å². The van der Waals surface area contributed by atoms with Crippen molar-refractivity contribution in [1.29, 1.82) is 0 Å². The second-order valence-corrected chi connectivity index (χ2v) is 5.06. The molecule has 0 radical (unpaired) electrons. The van der Waals surface area contributed by atoms with E-state index in [1.165, 1.54) is 11.3 Å². The zero-order valence-electron chi connectivity index (χ0n) is 11.5. The van der Waals surface area contributed by atoms with Crippen LogP contribution < -0.4 is 10.1 Å². The maximum absolute atomic E-state index is 5.97. The highest BCUT2D eigenvalue weighted by Gasteiger charge is 2.22. The molecule has 2 heterocycles. The summed E-state index contributed by atoms with van der Waals surface area (Å²) >= 11 is 0. The Labute approximate surface area is 113 Å². The lowest BCUT2D eigenvalue weighted by Crippen LogP contribution is -2.33. The molecule has 0 aromatic heterocycles. The molecule has 0 bridgehead atoms. The van der Waals surface area contributed by atoms with Gasteiger partial charge in [0.15, 0.2) is 0 Å². The molecule has 19 heavy (non-hydrogen) atoms. The van der Waals surface area contributed by atoms with Crippen molar-refractivity contribution in [2.24, 2.45) is 0 Å². The highest BCUT2D eigenvalue weighted by atomic mass is 16.5. The van der Waals surface area contributed by atoms with Gasteiger partial charge in [0.1, 0.15) is 17.7 Å². The standard InChI is InChI=1S/C16H18N2O/c1-11-4-5-15(12(2)8-11)19-14-6-7-18-13(3)10-17-16(18)9-14/h4-10,16-17H,1-3H3. The molecule has 1 N–H and O–H groups in total. The number of nitrogens with zero attached hydrogens (tertiary/aromatic N) is 1. The summed E-state index contributed by atoms with van der Waals surface area (Å²) in [5.74, 6) is 1.79. The van der Waals surface area contributed by atoms with Crippen molar-refractivity contribution in [1.82, 2.24) is 10.2 Å². The summed E-state index contributed by atoms with van der Waals surface area (Å²) in [7, 11) is 0. The first kappa shape index (κ1) is 11.9. The van der Waals surface area contributed by atoms with Crippen LogP contribution in [0.1, 0.15) is 18.1 Å². The summed E-state index contributed by atoms with van der Waals surface area (Å²) in [6.45, 7) is 6.24. The zero-order chi connectivity index (χ0) is 13.4. The topological polar surface area (TPSA) is 24.5 Å². The molecule has 1 unspecified atom stereocenters. The Kier molecular flexibility index (Phi) is 2.82. The van der Waals surface area contributed by atoms with Crippen LogP contribution in [0.4, 0.5) is 0 Å². The van der Waals surface area contributed by atoms with Crippen molar-refractivity contribution in [3.05, 3.63) is 65.3 Å². The first-order chi connectivity index (χ1) is 9.13. The quantitative estimate of drug-likeness (QED) is 0.877. The third kappa shape index (κ3) is 2.24. The van der Waals surface area contributed by atoms with Gasteiger partial charge in [-0.2, -0.15) is 0 Å². The fourth-order valence-electron chi connectivity index (χ4n) is 2.39. The first-order valence-electron chi connectivity index (χ1n) is 6.50. The summed E-state index contributed by atoms with van der Waals surface area (Å²) in [6, 6.07) is 6.23. The molecule has 0 saturated heterocycles. The lowest BCUT2D eigenvalue weighted by atomic mass is 10.1. The third-order valence-electron chi connectivity index (χ3n) is 3.45. The van der Waals surface area contributed by atoms with Gasteiger partial charge in [-0.25, -0.2) is 0 Å².